The highest BCUT2D eigenvalue weighted by atomic mass is 16.5. The lowest BCUT2D eigenvalue weighted by molar-refractivity contribution is 0.0771. The molecule has 0 saturated carbocycles. The zero-order valence-corrected chi connectivity index (χ0v) is 15.4. The molecule has 2 aliphatic heterocycles. The maximum atomic E-state index is 9.62. The molecule has 27 heavy (non-hydrogen) atoms. The summed E-state index contributed by atoms with van der Waals surface area (Å²) in [7, 11) is 3.72. The predicted molar refractivity (Wildman–Crippen MR) is 101 cm³/mol. The largest absolute Gasteiger partial charge is 0.476 e. The quantitative estimate of drug-likeness (QED) is 0.811. The van der Waals surface area contributed by atoms with Gasteiger partial charge < -0.3 is 15.2 Å². The molecular weight excluding hydrogens is 346 g/mol. The van der Waals surface area contributed by atoms with Gasteiger partial charge in [0.1, 0.15) is 6.61 Å². The number of ether oxygens (including phenoxy) is 1. The summed E-state index contributed by atoms with van der Waals surface area (Å²) in [5.74, 6) is 0.530. The molecule has 0 radical (unpaired) electrons. The summed E-state index contributed by atoms with van der Waals surface area (Å²) in [6.07, 6.45) is 12.1. The molecule has 4 rings (SSSR count). The Hall–Kier alpha value is -3.20. The minimum absolute atomic E-state index is 0.163. The lowest BCUT2D eigenvalue weighted by Gasteiger charge is -2.33. The van der Waals surface area contributed by atoms with Gasteiger partial charge in [0.25, 0.3) is 0 Å². The Labute approximate surface area is 156 Å². The Morgan fingerprint density at radius 3 is 2.67 bits per heavy atom. The Bertz CT molecular complexity index is 980. The molecule has 0 bridgehead atoms. The summed E-state index contributed by atoms with van der Waals surface area (Å²) in [5, 5.41) is 21.2. The standard InChI is InChI=1S/C18H21N7O2/c1-12(26)9-27-17-15-4-16(13-5-22-24(2)7-13)19-10-18(15,21-11-20-17)14-6-23-25(3)8-14/h4-8,10-12,26H,9H2,1-3H3,(H,20,21). The van der Waals surface area contributed by atoms with Crippen molar-refractivity contribution in [1.29, 1.82) is 0 Å². The van der Waals surface area contributed by atoms with Crippen LogP contribution in [0.3, 0.4) is 0 Å². The van der Waals surface area contributed by atoms with Gasteiger partial charge in [0.15, 0.2) is 11.4 Å². The zero-order valence-electron chi connectivity index (χ0n) is 15.4. The number of hydrogen-bond donors (Lipinski definition) is 2. The van der Waals surface area contributed by atoms with Gasteiger partial charge in [-0.2, -0.15) is 10.2 Å². The minimum atomic E-state index is -0.834. The van der Waals surface area contributed by atoms with Gasteiger partial charge in [0.2, 0.25) is 0 Å². The number of nitrogens with one attached hydrogen (secondary N) is 1. The highest BCUT2D eigenvalue weighted by Crippen LogP contribution is 2.41. The number of fused-ring (bicyclic) bond motifs is 1. The first-order valence-corrected chi connectivity index (χ1v) is 8.59. The molecule has 0 amide bonds. The normalized spacial score (nSPS) is 22.3. The first kappa shape index (κ1) is 17.2. The predicted octanol–water partition coefficient (Wildman–Crippen LogP) is 0.715. The molecular formula is C18H21N7O2. The lowest BCUT2D eigenvalue weighted by Crippen LogP contribution is -2.38. The van der Waals surface area contributed by atoms with Crippen molar-refractivity contribution in [1.82, 2.24) is 24.9 Å². The van der Waals surface area contributed by atoms with Crippen LogP contribution >= 0.6 is 0 Å². The second kappa shape index (κ2) is 6.51. The van der Waals surface area contributed by atoms with Crippen LogP contribution in [-0.4, -0.2) is 49.9 Å². The number of aromatic nitrogens is 4. The molecule has 2 aliphatic rings. The van der Waals surface area contributed by atoms with Crippen molar-refractivity contribution >= 4 is 18.3 Å². The first-order valence-electron chi connectivity index (χ1n) is 8.59. The van der Waals surface area contributed by atoms with Crippen LogP contribution in [0.2, 0.25) is 0 Å². The highest BCUT2D eigenvalue weighted by Gasteiger charge is 2.41. The fourth-order valence-corrected chi connectivity index (χ4v) is 3.09. The van der Waals surface area contributed by atoms with E-state index in [0.29, 0.717) is 5.88 Å². The number of aliphatic hydroxyl groups is 1. The third-order valence-corrected chi connectivity index (χ3v) is 4.41. The van der Waals surface area contributed by atoms with Crippen molar-refractivity contribution in [3.8, 4) is 0 Å². The third-order valence-electron chi connectivity index (χ3n) is 4.41. The smallest absolute Gasteiger partial charge is 0.198 e. The average Bonchev–Trinajstić information content (AvgIpc) is 3.28. The van der Waals surface area contributed by atoms with Gasteiger partial charge in [-0.3, -0.25) is 19.3 Å². The topological polar surface area (TPSA) is 102 Å². The van der Waals surface area contributed by atoms with E-state index in [0.717, 1.165) is 22.4 Å². The number of nitrogens with zero attached hydrogens (tertiary/aromatic N) is 6. The average molecular weight is 367 g/mol. The molecule has 9 nitrogen and oxygen atoms in total. The molecule has 4 heterocycles. The number of aliphatic imine (C=N–C) groups is 2. The maximum Gasteiger partial charge on any atom is 0.198 e. The number of aryl methyl sites for hydroxylation is 2. The monoisotopic (exact) mass is 367 g/mol. The first-order chi connectivity index (χ1) is 13.0. The van der Waals surface area contributed by atoms with Gasteiger partial charge in [-0.15, -0.1) is 0 Å². The van der Waals surface area contributed by atoms with Crippen LogP contribution < -0.4 is 5.32 Å². The van der Waals surface area contributed by atoms with Crippen molar-refractivity contribution in [3.05, 3.63) is 53.4 Å². The minimum Gasteiger partial charge on any atom is -0.476 e. The molecule has 2 aromatic rings. The van der Waals surface area contributed by atoms with Gasteiger partial charge >= 0.3 is 0 Å². The molecule has 140 valence electrons. The van der Waals surface area contributed by atoms with E-state index in [2.05, 4.69) is 25.5 Å². The number of aliphatic hydroxyl groups excluding tert-OH is 1. The van der Waals surface area contributed by atoms with E-state index in [1.807, 2.05) is 32.6 Å². The van der Waals surface area contributed by atoms with Crippen molar-refractivity contribution in [2.45, 2.75) is 18.6 Å². The van der Waals surface area contributed by atoms with Crippen LogP contribution in [0.5, 0.6) is 0 Å². The van der Waals surface area contributed by atoms with Gasteiger partial charge in [-0.1, -0.05) is 0 Å². The zero-order chi connectivity index (χ0) is 19.0. The number of rotatable bonds is 5. The molecule has 2 N–H and O–H groups in total. The Morgan fingerprint density at radius 1 is 1.22 bits per heavy atom. The second-order valence-electron chi connectivity index (χ2n) is 6.66. The van der Waals surface area contributed by atoms with Crippen molar-refractivity contribution in [3.63, 3.8) is 0 Å². The summed E-state index contributed by atoms with van der Waals surface area (Å²) < 4.78 is 9.28. The van der Waals surface area contributed by atoms with Crippen molar-refractivity contribution < 1.29 is 9.84 Å². The lowest BCUT2D eigenvalue weighted by atomic mass is 9.82. The van der Waals surface area contributed by atoms with E-state index in [1.54, 1.807) is 41.2 Å². The summed E-state index contributed by atoms with van der Waals surface area (Å²) in [6, 6.07) is 0. The van der Waals surface area contributed by atoms with Gasteiger partial charge in [0, 0.05) is 43.8 Å². The molecule has 2 atom stereocenters. The van der Waals surface area contributed by atoms with Crippen LogP contribution in [0, 0.1) is 0 Å². The van der Waals surface area contributed by atoms with E-state index in [1.165, 1.54) is 0 Å². The summed E-state index contributed by atoms with van der Waals surface area (Å²) in [6.45, 7) is 1.84. The molecule has 0 saturated heterocycles. The third kappa shape index (κ3) is 3.06. The van der Waals surface area contributed by atoms with Crippen molar-refractivity contribution in [2.24, 2.45) is 24.1 Å². The van der Waals surface area contributed by atoms with E-state index in [4.69, 9.17) is 4.74 Å². The van der Waals surface area contributed by atoms with Crippen LogP contribution in [0.25, 0.3) is 5.70 Å². The van der Waals surface area contributed by atoms with E-state index in [-0.39, 0.29) is 6.61 Å². The number of hydrogen-bond acceptors (Lipinski definition) is 7. The van der Waals surface area contributed by atoms with E-state index >= 15 is 0 Å². The van der Waals surface area contributed by atoms with Crippen molar-refractivity contribution in [2.75, 3.05) is 6.61 Å². The Balaban J connectivity index is 1.83. The molecule has 0 aliphatic carbocycles. The fourth-order valence-electron chi connectivity index (χ4n) is 3.09. The molecule has 9 heteroatoms. The van der Waals surface area contributed by atoms with Crippen LogP contribution in [0.15, 0.2) is 52.3 Å². The van der Waals surface area contributed by atoms with Gasteiger partial charge in [-0.05, 0) is 13.0 Å². The molecule has 0 spiro atoms. The Kier molecular flexibility index (Phi) is 4.15. The van der Waals surface area contributed by atoms with Gasteiger partial charge in [0.05, 0.1) is 36.1 Å². The van der Waals surface area contributed by atoms with Crippen LogP contribution in [0.4, 0.5) is 0 Å². The second-order valence-corrected chi connectivity index (χ2v) is 6.66. The highest BCUT2D eigenvalue weighted by molar-refractivity contribution is 5.92. The molecule has 2 unspecified atom stereocenters. The van der Waals surface area contributed by atoms with E-state index in [9.17, 15) is 5.11 Å². The summed E-state index contributed by atoms with van der Waals surface area (Å²) >= 11 is 0. The fraction of sp³-hybridized carbons (Fsp3) is 0.333. The molecule has 0 fully saturated rings. The van der Waals surface area contributed by atoms with Gasteiger partial charge in [-0.25, -0.2) is 0 Å². The molecule has 2 aromatic heterocycles. The van der Waals surface area contributed by atoms with E-state index < -0.39 is 11.6 Å². The summed E-state index contributed by atoms with van der Waals surface area (Å²) in [4.78, 5) is 9.32. The molecule has 0 aromatic carbocycles. The SMILES string of the molecule is CC(O)COC1=C2C=C(c3cnn(C)c3)N=CC2(c2cnn(C)c2)N=CN1. The maximum absolute atomic E-state index is 9.62. The summed E-state index contributed by atoms with van der Waals surface area (Å²) in [5.41, 5.74) is 2.49. The van der Waals surface area contributed by atoms with Crippen LogP contribution in [-0.2, 0) is 24.4 Å². The Morgan fingerprint density at radius 2 is 2.00 bits per heavy atom. The van der Waals surface area contributed by atoms with Crippen LogP contribution in [0.1, 0.15) is 18.1 Å².